The Morgan fingerprint density at radius 2 is 2.11 bits per heavy atom. The first kappa shape index (κ1) is 13.8. The molecular formula is C14H23N5. The number of rotatable bonds is 6. The zero-order chi connectivity index (χ0) is 13.8. The van der Waals surface area contributed by atoms with Crippen molar-refractivity contribution in [1.82, 2.24) is 24.6 Å². The van der Waals surface area contributed by atoms with Crippen LogP contribution in [0.1, 0.15) is 43.5 Å². The quantitative estimate of drug-likeness (QED) is 0.865. The second-order valence-electron chi connectivity index (χ2n) is 4.86. The minimum Gasteiger partial charge on any atom is -0.346 e. The van der Waals surface area contributed by atoms with Gasteiger partial charge in [0, 0.05) is 25.5 Å². The van der Waals surface area contributed by atoms with E-state index in [-0.39, 0.29) is 0 Å². The van der Waals surface area contributed by atoms with Crippen molar-refractivity contribution in [2.45, 2.75) is 39.8 Å². The largest absolute Gasteiger partial charge is 0.346 e. The van der Waals surface area contributed by atoms with Gasteiger partial charge < -0.3 is 14.5 Å². The number of hydrogen-bond acceptors (Lipinski definition) is 3. The first-order chi connectivity index (χ1) is 9.15. The Labute approximate surface area is 114 Å². The summed E-state index contributed by atoms with van der Waals surface area (Å²) in [6.45, 7) is 8.07. The highest BCUT2D eigenvalue weighted by Gasteiger charge is 2.10. The summed E-state index contributed by atoms with van der Waals surface area (Å²) in [5.74, 6) is 1.93. The molecule has 1 N–H and O–H groups in total. The van der Waals surface area contributed by atoms with Crippen molar-refractivity contribution in [1.29, 1.82) is 0 Å². The molecule has 0 spiro atoms. The summed E-state index contributed by atoms with van der Waals surface area (Å²) in [6.07, 6.45) is 5.40. The van der Waals surface area contributed by atoms with Crippen LogP contribution in [0.25, 0.3) is 0 Å². The van der Waals surface area contributed by atoms with Gasteiger partial charge in [-0.1, -0.05) is 13.8 Å². The highest BCUT2D eigenvalue weighted by Crippen LogP contribution is 2.17. The van der Waals surface area contributed by atoms with Gasteiger partial charge in [-0.15, -0.1) is 10.2 Å². The maximum absolute atomic E-state index is 4.20. The third kappa shape index (κ3) is 3.04. The van der Waals surface area contributed by atoms with Crippen LogP contribution in [0.2, 0.25) is 0 Å². The zero-order valence-corrected chi connectivity index (χ0v) is 12.2. The van der Waals surface area contributed by atoms with E-state index in [1.54, 1.807) is 0 Å². The molecule has 1 unspecified atom stereocenters. The minimum atomic E-state index is 0.437. The van der Waals surface area contributed by atoms with Crippen LogP contribution in [-0.2, 0) is 13.6 Å². The number of aromatic nitrogens is 4. The van der Waals surface area contributed by atoms with Gasteiger partial charge in [0.2, 0.25) is 0 Å². The fourth-order valence-corrected chi connectivity index (χ4v) is 2.26. The minimum absolute atomic E-state index is 0.437. The van der Waals surface area contributed by atoms with Crippen molar-refractivity contribution in [2.75, 3.05) is 6.54 Å². The Morgan fingerprint density at radius 1 is 1.32 bits per heavy atom. The van der Waals surface area contributed by atoms with E-state index in [2.05, 4.69) is 52.4 Å². The molecule has 5 heteroatoms. The predicted octanol–water partition coefficient (Wildman–Crippen LogP) is 2.03. The van der Waals surface area contributed by atoms with Gasteiger partial charge in [0.25, 0.3) is 0 Å². The maximum Gasteiger partial charge on any atom is 0.152 e. The Morgan fingerprint density at radius 3 is 2.68 bits per heavy atom. The molecule has 1 atom stereocenters. The summed E-state index contributed by atoms with van der Waals surface area (Å²) in [4.78, 5) is 0. The SMILES string of the molecule is CCNC(CC)c1ccn(Cc2nnc(C)n2C)c1. The van der Waals surface area contributed by atoms with Gasteiger partial charge in [0.1, 0.15) is 5.82 Å². The monoisotopic (exact) mass is 261 g/mol. The first-order valence-electron chi connectivity index (χ1n) is 6.89. The van der Waals surface area contributed by atoms with Crippen LogP contribution in [0, 0.1) is 6.92 Å². The molecule has 5 nitrogen and oxygen atoms in total. The van der Waals surface area contributed by atoms with Crippen molar-refractivity contribution in [3.8, 4) is 0 Å². The Hall–Kier alpha value is -1.62. The predicted molar refractivity (Wildman–Crippen MR) is 76.0 cm³/mol. The van der Waals surface area contributed by atoms with Crippen LogP contribution in [0.15, 0.2) is 18.5 Å². The maximum atomic E-state index is 4.20. The average molecular weight is 261 g/mol. The summed E-state index contributed by atoms with van der Waals surface area (Å²) in [6, 6.07) is 2.62. The molecule has 0 saturated heterocycles. The molecule has 2 rings (SSSR count). The Balaban J connectivity index is 2.10. The molecule has 0 aliphatic carbocycles. The summed E-state index contributed by atoms with van der Waals surface area (Å²) >= 11 is 0. The number of nitrogens with zero attached hydrogens (tertiary/aromatic N) is 4. The molecule has 104 valence electrons. The molecule has 0 aliphatic rings. The van der Waals surface area contributed by atoms with Gasteiger partial charge in [-0.3, -0.25) is 0 Å². The summed E-state index contributed by atoms with van der Waals surface area (Å²) in [5.41, 5.74) is 1.34. The summed E-state index contributed by atoms with van der Waals surface area (Å²) in [7, 11) is 2.00. The molecule has 0 fully saturated rings. The van der Waals surface area contributed by atoms with Crippen LogP contribution >= 0.6 is 0 Å². The van der Waals surface area contributed by atoms with Crippen molar-refractivity contribution in [3.05, 3.63) is 35.7 Å². The molecule has 0 saturated carbocycles. The van der Waals surface area contributed by atoms with Gasteiger partial charge in [-0.25, -0.2) is 0 Å². The lowest BCUT2D eigenvalue weighted by molar-refractivity contribution is 0.536. The van der Waals surface area contributed by atoms with Gasteiger partial charge in [-0.2, -0.15) is 0 Å². The third-order valence-electron chi connectivity index (χ3n) is 3.54. The second kappa shape index (κ2) is 6.02. The lowest BCUT2D eigenvalue weighted by atomic mass is 10.1. The molecule has 0 radical (unpaired) electrons. The highest BCUT2D eigenvalue weighted by molar-refractivity contribution is 5.16. The number of aryl methyl sites for hydroxylation is 1. The normalized spacial score (nSPS) is 12.8. The molecule has 19 heavy (non-hydrogen) atoms. The molecule has 2 aromatic rings. The topological polar surface area (TPSA) is 47.7 Å². The first-order valence-corrected chi connectivity index (χ1v) is 6.89. The van der Waals surface area contributed by atoms with E-state index in [0.29, 0.717) is 6.04 Å². The van der Waals surface area contributed by atoms with Gasteiger partial charge in [0.05, 0.1) is 6.54 Å². The van der Waals surface area contributed by atoms with Crippen LogP contribution in [0.5, 0.6) is 0 Å². The molecule has 0 amide bonds. The van der Waals surface area contributed by atoms with E-state index < -0.39 is 0 Å². The Bertz CT molecular complexity index is 526. The van der Waals surface area contributed by atoms with Crippen LogP contribution < -0.4 is 5.32 Å². The number of hydrogen-bond donors (Lipinski definition) is 1. The van der Waals surface area contributed by atoms with E-state index in [4.69, 9.17) is 0 Å². The number of nitrogens with one attached hydrogen (secondary N) is 1. The van der Waals surface area contributed by atoms with Crippen LogP contribution in [-0.4, -0.2) is 25.9 Å². The van der Waals surface area contributed by atoms with Crippen molar-refractivity contribution >= 4 is 0 Å². The van der Waals surface area contributed by atoms with E-state index in [1.807, 2.05) is 18.5 Å². The van der Waals surface area contributed by atoms with Crippen molar-refractivity contribution in [3.63, 3.8) is 0 Å². The molecular weight excluding hydrogens is 238 g/mol. The molecule has 0 aliphatic heterocycles. The van der Waals surface area contributed by atoms with Crippen LogP contribution in [0.3, 0.4) is 0 Å². The molecule has 0 aromatic carbocycles. The van der Waals surface area contributed by atoms with Crippen molar-refractivity contribution in [2.24, 2.45) is 7.05 Å². The fourth-order valence-electron chi connectivity index (χ4n) is 2.26. The average Bonchev–Trinajstić information content (AvgIpc) is 2.98. The van der Waals surface area contributed by atoms with Gasteiger partial charge >= 0.3 is 0 Å². The molecule has 2 heterocycles. The van der Waals surface area contributed by atoms with E-state index >= 15 is 0 Å². The lowest BCUT2D eigenvalue weighted by Gasteiger charge is -2.13. The standard InChI is InChI=1S/C14H23N5/c1-5-13(15-6-2)12-7-8-19(9-12)10-14-17-16-11(3)18(14)4/h7-9,13,15H,5-6,10H2,1-4H3. The van der Waals surface area contributed by atoms with Gasteiger partial charge in [-0.05, 0) is 31.5 Å². The fraction of sp³-hybridized carbons (Fsp3) is 0.571. The second-order valence-corrected chi connectivity index (χ2v) is 4.86. The lowest BCUT2D eigenvalue weighted by Crippen LogP contribution is -2.19. The smallest absolute Gasteiger partial charge is 0.152 e. The third-order valence-corrected chi connectivity index (χ3v) is 3.54. The van der Waals surface area contributed by atoms with Crippen LogP contribution in [0.4, 0.5) is 0 Å². The molecule has 0 bridgehead atoms. The van der Waals surface area contributed by atoms with Gasteiger partial charge in [0.15, 0.2) is 5.82 Å². The Kier molecular flexibility index (Phi) is 4.37. The zero-order valence-electron chi connectivity index (χ0n) is 12.2. The highest BCUT2D eigenvalue weighted by atomic mass is 15.3. The molecule has 2 aromatic heterocycles. The van der Waals surface area contributed by atoms with E-state index in [9.17, 15) is 0 Å². The van der Waals surface area contributed by atoms with E-state index in [1.165, 1.54) is 5.56 Å². The van der Waals surface area contributed by atoms with E-state index in [0.717, 1.165) is 31.2 Å². The summed E-state index contributed by atoms with van der Waals surface area (Å²) < 4.78 is 4.19. The van der Waals surface area contributed by atoms with Crippen molar-refractivity contribution < 1.29 is 0 Å². The summed E-state index contributed by atoms with van der Waals surface area (Å²) in [5, 5.41) is 11.8.